The van der Waals surface area contributed by atoms with Crippen LogP contribution in [0.5, 0.6) is 0 Å². The van der Waals surface area contributed by atoms with Gasteiger partial charge in [-0.25, -0.2) is 0 Å². The average molecular weight is 346 g/mol. The van der Waals surface area contributed by atoms with Crippen LogP contribution in [0, 0.1) is 10.1 Å². The summed E-state index contributed by atoms with van der Waals surface area (Å²) in [5.74, 6) is -0.514. The zero-order valence-electron chi connectivity index (χ0n) is 9.22. The van der Waals surface area contributed by atoms with Crippen molar-refractivity contribution in [1.82, 2.24) is 0 Å². The van der Waals surface area contributed by atoms with Gasteiger partial charge >= 0.3 is 0 Å². The molecule has 6 nitrogen and oxygen atoms in total. The molecule has 0 saturated heterocycles. The SMILES string of the molecule is O=C(Nc1cc([N+](=O)[O-])ccc1Br)c1ccoc1Cl. The van der Waals surface area contributed by atoms with E-state index in [0.29, 0.717) is 4.47 Å². The lowest BCUT2D eigenvalue weighted by Crippen LogP contribution is -2.12. The second-order valence-electron chi connectivity index (χ2n) is 3.48. The van der Waals surface area contributed by atoms with Gasteiger partial charge in [-0.3, -0.25) is 14.9 Å². The van der Waals surface area contributed by atoms with Crippen LogP contribution in [0.3, 0.4) is 0 Å². The lowest BCUT2D eigenvalue weighted by molar-refractivity contribution is -0.384. The Morgan fingerprint density at radius 2 is 2.16 bits per heavy atom. The maximum absolute atomic E-state index is 11.9. The third-order valence-corrected chi connectivity index (χ3v) is 3.26. The Kier molecular flexibility index (Phi) is 3.87. The Morgan fingerprint density at radius 1 is 1.42 bits per heavy atom. The van der Waals surface area contributed by atoms with Crippen LogP contribution in [0.25, 0.3) is 0 Å². The number of carbonyl (C=O) groups excluding carboxylic acids is 1. The van der Waals surface area contributed by atoms with E-state index in [1.807, 2.05) is 0 Å². The number of carbonyl (C=O) groups is 1. The van der Waals surface area contributed by atoms with Crippen LogP contribution in [0.1, 0.15) is 10.4 Å². The van der Waals surface area contributed by atoms with Crippen molar-refractivity contribution in [1.29, 1.82) is 0 Å². The number of nitrogens with zero attached hydrogens (tertiary/aromatic N) is 1. The van der Waals surface area contributed by atoms with Crippen LogP contribution in [0.2, 0.25) is 5.22 Å². The van der Waals surface area contributed by atoms with Crippen LogP contribution in [-0.4, -0.2) is 10.8 Å². The smallest absolute Gasteiger partial charge is 0.271 e. The molecule has 1 aromatic carbocycles. The van der Waals surface area contributed by atoms with Gasteiger partial charge in [-0.1, -0.05) is 0 Å². The first kappa shape index (κ1) is 13.6. The van der Waals surface area contributed by atoms with Gasteiger partial charge in [0.25, 0.3) is 11.6 Å². The number of hydrogen-bond acceptors (Lipinski definition) is 4. The Labute approximate surface area is 120 Å². The van der Waals surface area contributed by atoms with Crippen molar-refractivity contribution < 1.29 is 14.1 Å². The van der Waals surface area contributed by atoms with Crippen molar-refractivity contribution in [3.63, 3.8) is 0 Å². The summed E-state index contributed by atoms with van der Waals surface area (Å²) in [5.41, 5.74) is 0.299. The van der Waals surface area contributed by atoms with Crippen LogP contribution in [0.4, 0.5) is 11.4 Å². The molecular weight excluding hydrogens is 339 g/mol. The highest BCUT2D eigenvalue weighted by Crippen LogP contribution is 2.28. The minimum absolute atomic E-state index is 0.0425. The molecule has 2 rings (SSSR count). The van der Waals surface area contributed by atoms with Crippen molar-refractivity contribution in [2.75, 3.05) is 5.32 Å². The largest absolute Gasteiger partial charge is 0.452 e. The summed E-state index contributed by atoms with van der Waals surface area (Å²) in [7, 11) is 0. The first-order valence-corrected chi connectivity index (χ1v) is 6.14. The lowest BCUT2D eigenvalue weighted by Gasteiger charge is -2.06. The molecule has 1 N–H and O–H groups in total. The fraction of sp³-hybridized carbons (Fsp3) is 0. The van der Waals surface area contributed by atoms with Gasteiger partial charge in [0.15, 0.2) is 0 Å². The maximum atomic E-state index is 11.9. The van der Waals surface area contributed by atoms with Gasteiger partial charge in [0.1, 0.15) is 0 Å². The second kappa shape index (κ2) is 5.41. The van der Waals surface area contributed by atoms with Crippen molar-refractivity contribution in [3.05, 3.63) is 55.9 Å². The fourth-order valence-electron chi connectivity index (χ4n) is 1.37. The van der Waals surface area contributed by atoms with Crippen LogP contribution >= 0.6 is 27.5 Å². The highest BCUT2D eigenvalue weighted by atomic mass is 79.9. The molecule has 0 radical (unpaired) electrons. The highest BCUT2D eigenvalue weighted by molar-refractivity contribution is 9.10. The number of nitro groups is 1. The molecule has 0 unspecified atom stereocenters. The molecule has 2 aromatic rings. The van der Waals surface area contributed by atoms with E-state index in [4.69, 9.17) is 16.0 Å². The van der Waals surface area contributed by atoms with Gasteiger partial charge < -0.3 is 9.73 Å². The monoisotopic (exact) mass is 344 g/mol. The van der Waals surface area contributed by atoms with Crippen molar-refractivity contribution >= 4 is 44.8 Å². The summed E-state index contributed by atoms with van der Waals surface area (Å²) in [6, 6.07) is 5.45. The van der Waals surface area contributed by atoms with Crippen LogP contribution < -0.4 is 5.32 Å². The Hall–Kier alpha value is -1.86. The van der Waals surface area contributed by atoms with Gasteiger partial charge in [0, 0.05) is 16.6 Å². The van der Waals surface area contributed by atoms with Crippen LogP contribution in [-0.2, 0) is 0 Å². The van der Waals surface area contributed by atoms with E-state index in [9.17, 15) is 14.9 Å². The number of halogens is 2. The van der Waals surface area contributed by atoms with E-state index in [-0.39, 0.29) is 22.2 Å². The molecule has 1 amide bonds. The summed E-state index contributed by atoms with van der Waals surface area (Å²) in [4.78, 5) is 22.0. The lowest BCUT2D eigenvalue weighted by atomic mass is 10.2. The number of benzene rings is 1. The van der Waals surface area contributed by atoms with E-state index >= 15 is 0 Å². The molecule has 0 bridgehead atoms. The quantitative estimate of drug-likeness (QED) is 0.676. The summed E-state index contributed by atoms with van der Waals surface area (Å²) < 4.78 is 5.32. The molecule has 19 heavy (non-hydrogen) atoms. The molecular formula is C11H6BrClN2O4. The molecule has 0 aliphatic rings. The summed E-state index contributed by atoms with van der Waals surface area (Å²) >= 11 is 8.87. The fourth-order valence-corrected chi connectivity index (χ4v) is 1.91. The molecule has 0 aliphatic heterocycles. The third-order valence-electron chi connectivity index (χ3n) is 2.27. The number of rotatable bonds is 3. The van der Waals surface area contributed by atoms with Crippen molar-refractivity contribution in [2.24, 2.45) is 0 Å². The number of nitrogens with one attached hydrogen (secondary N) is 1. The van der Waals surface area contributed by atoms with E-state index in [2.05, 4.69) is 21.2 Å². The van der Waals surface area contributed by atoms with Gasteiger partial charge in [0.2, 0.25) is 5.22 Å². The topological polar surface area (TPSA) is 85.4 Å². The minimum atomic E-state index is -0.549. The highest BCUT2D eigenvalue weighted by Gasteiger charge is 2.16. The van der Waals surface area contributed by atoms with E-state index in [0.717, 1.165) is 0 Å². The Balaban J connectivity index is 2.28. The molecule has 0 aliphatic carbocycles. The number of anilines is 1. The molecule has 0 spiro atoms. The molecule has 0 fully saturated rings. The Bertz CT molecular complexity index is 656. The molecule has 1 heterocycles. The van der Waals surface area contributed by atoms with Gasteiger partial charge in [-0.05, 0) is 39.7 Å². The maximum Gasteiger partial charge on any atom is 0.271 e. The molecule has 0 atom stereocenters. The second-order valence-corrected chi connectivity index (χ2v) is 4.68. The molecule has 98 valence electrons. The van der Waals surface area contributed by atoms with Crippen molar-refractivity contribution in [3.8, 4) is 0 Å². The predicted molar refractivity (Wildman–Crippen MR) is 72.5 cm³/mol. The number of amides is 1. The molecule has 0 saturated carbocycles. The Morgan fingerprint density at radius 3 is 2.74 bits per heavy atom. The summed E-state index contributed by atoms with van der Waals surface area (Å²) in [6.07, 6.45) is 1.28. The van der Waals surface area contributed by atoms with Crippen molar-refractivity contribution in [2.45, 2.75) is 0 Å². The zero-order chi connectivity index (χ0) is 14.0. The first-order valence-electron chi connectivity index (χ1n) is 4.97. The van der Waals surface area contributed by atoms with Gasteiger partial charge in [-0.15, -0.1) is 0 Å². The normalized spacial score (nSPS) is 10.2. The summed E-state index contributed by atoms with van der Waals surface area (Å²) in [6.45, 7) is 0. The zero-order valence-corrected chi connectivity index (χ0v) is 11.6. The number of furan rings is 1. The summed E-state index contributed by atoms with van der Waals surface area (Å²) in [5, 5.41) is 13.1. The van der Waals surface area contributed by atoms with E-state index in [1.54, 1.807) is 0 Å². The molecule has 1 aromatic heterocycles. The third kappa shape index (κ3) is 2.94. The minimum Gasteiger partial charge on any atom is -0.452 e. The first-order chi connectivity index (χ1) is 8.99. The number of nitro benzene ring substituents is 1. The predicted octanol–water partition coefficient (Wildman–Crippen LogP) is 3.86. The van der Waals surface area contributed by atoms with Gasteiger partial charge in [0.05, 0.1) is 22.4 Å². The standard InChI is InChI=1S/C11H6BrClN2O4/c12-8-2-1-6(15(17)18)5-9(8)14-11(16)7-3-4-19-10(7)13/h1-5H,(H,14,16). The van der Waals surface area contributed by atoms with E-state index < -0.39 is 10.8 Å². The van der Waals surface area contributed by atoms with Gasteiger partial charge in [-0.2, -0.15) is 0 Å². The number of non-ortho nitro benzene ring substituents is 1. The average Bonchev–Trinajstić information content (AvgIpc) is 2.78. The van der Waals surface area contributed by atoms with Crippen LogP contribution in [0.15, 0.2) is 39.4 Å². The molecule has 8 heteroatoms. The van der Waals surface area contributed by atoms with E-state index in [1.165, 1.54) is 30.5 Å². The number of hydrogen-bond donors (Lipinski definition) is 1.